The van der Waals surface area contributed by atoms with Gasteiger partial charge in [0.1, 0.15) is 0 Å². The van der Waals surface area contributed by atoms with Crippen molar-refractivity contribution in [2.45, 2.75) is 0 Å². The third-order valence-electron chi connectivity index (χ3n) is 0.514. The molecular formula is C3H9O6P. The number of aliphatic hydroxyl groups is 1. The van der Waals surface area contributed by atoms with Gasteiger partial charge in [0.2, 0.25) is 0 Å². The van der Waals surface area contributed by atoms with Gasteiger partial charge in [-0.3, -0.25) is 4.52 Å². The van der Waals surface area contributed by atoms with Crippen LogP contribution in [0.25, 0.3) is 0 Å². The van der Waals surface area contributed by atoms with Crippen LogP contribution in [0.5, 0.6) is 0 Å². The molecule has 0 spiro atoms. The Morgan fingerprint density at radius 2 is 2.20 bits per heavy atom. The second kappa shape index (κ2) is 4.79. The molecule has 62 valence electrons. The van der Waals surface area contributed by atoms with Gasteiger partial charge in [-0.2, -0.15) is 0 Å². The molecule has 7 heteroatoms. The molecular weight excluding hydrogens is 163 g/mol. The highest BCUT2D eigenvalue weighted by molar-refractivity contribution is 7.47. The third kappa shape index (κ3) is 4.87. The van der Waals surface area contributed by atoms with E-state index < -0.39 is 7.82 Å². The highest BCUT2D eigenvalue weighted by Crippen LogP contribution is 2.42. The Bertz CT molecular complexity index is 124. The Morgan fingerprint density at radius 3 is 2.60 bits per heavy atom. The normalized spacial score (nSPS) is 16.7. The maximum atomic E-state index is 10.4. The molecule has 0 fully saturated rings. The molecule has 1 unspecified atom stereocenters. The molecule has 0 saturated heterocycles. The fourth-order valence-corrected chi connectivity index (χ4v) is 0.816. The molecule has 0 rings (SSSR count). The highest BCUT2D eigenvalue weighted by Gasteiger charge is 2.20. The SMILES string of the molecule is COOP(=O)(O)OCCO. The topological polar surface area (TPSA) is 85.2 Å². The maximum Gasteiger partial charge on any atom is 0.499 e. The van der Waals surface area contributed by atoms with Gasteiger partial charge in [0.05, 0.1) is 20.3 Å². The van der Waals surface area contributed by atoms with E-state index in [2.05, 4.69) is 14.1 Å². The monoisotopic (exact) mass is 172 g/mol. The molecule has 0 saturated carbocycles. The molecule has 0 heterocycles. The molecule has 0 aromatic carbocycles. The first kappa shape index (κ1) is 10.0. The summed E-state index contributed by atoms with van der Waals surface area (Å²) in [7, 11) is -3.02. The first-order valence-electron chi connectivity index (χ1n) is 2.43. The van der Waals surface area contributed by atoms with Crippen molar-refractivity contribution in [1.82, 2.24) is 0 Å². The summed E-state index contributed by atoms with van der Waals surface area (Å²) in [6, 6.07) is 0. The summed E-state index contributed by atoms with van der Waals surface area (Å²) in [4.78, 5) is 12.4. The van der Waals surface area contributed by atoms with Crippen LogP contribution in [0.1, 0.15) is 0 Å². The van der Waals surface area contributed by atoms with Gasteiger partial charge in [-0.25, -0.2) is 9.45 Å². The van der Waals surface area contributed by atoms with Crippen molar-refractivity contribution >= 4 is 7.82 Å². The van der Waals surface area contributed by atoms with Crippen molar-refractivity contribution in [3.05, 3.63) is 0 Å². The van der Waals surface area contributed by atoms with E-state index in [9.17, 15) is 4.57 Å². The molecule has 0 aliphatic carbocycles. The summed E-state index contributed by atoms with van der Waals surface area (Å²) in [6.45, 7) is -0.616. The molecule has 0 aliphatic heterocycles. The Morgan fingerprint density at radius 1 is 1.60 bits per heavy atom. The molecule has 0 aromatic heterocycles. The fraction of sp³-hybridized carbons (Fsp3) is 1.00. The molecule has 0 bridgehead atoms. The van der Waals surface area contributed by atoms with Crippen LogP contribution < -0.4 is 0 Å². The number of hydrogen-bond donors (Lipinski definition) is 2. The standard InChI is InChI=1S/C3H9O6P/c1-7-9-10(5,6)8-3-2-4/h4H,2-3H2,1H3,(H,5,6). The van der Waals surface area contributed by atoms with Crippen LogP contribution in [0.4, 0.5) is 0 Å². The quantitative estimate of drug-likeness (QED) is 0.335. The van der Waals surface area contributed by atoms with E-state index in [4.69, 9.17) is 10.00 Å². The van der Waals surface area contributed by atoms with Crippen LogP contribution in [0, 0.1) is 0 Å². The first-order valence-corrected chi connectivity index (χ1v) is 3.92. The zero-order valence-corrected chi connectivity index (χ0v) is 6.28. The number of rotatable bonds is 5. The lowest BCUT2D eigenvalue weighted by atomic mass is 10.8. The Kier molecular flexibility index (Phi) is 4.80. The zero-order chi connectivity index (χ0) is 8.04. The summed E-state index contributed by atoms with van der Waals surface area (Å²) in [5.74, 6) is 0. The zero-order valence-electron chi connectivity index (χ0n) is 5.39. The molecule has 0 radical (unpaired) electrons. The summed E-state index contributed by atoms with van der Waals surface area (Å²) in [5.41, 5.74) is 0. The Balaban J connectivity index is 3.53. The van der Waals surface area contributed by atoms with E-state index in [1.54, 1.807) is 0 Å². The predicted octanol–water partition coefficient (Wildman–Crippen LogP) is -0.326. The van der Waals surface area contributed by atoms with Crippen LogP contribution in [0.3, 0.4) is 0 Å². The van der Waals surface area contributed by atoms with Crippen LogP contribution in [0.15, 0.2) is 0 Å². The predicted molar refractivity (Wildman–Crippen MR) is 31.0 cm³/mol. The van der Waals surface area contributed by atoms with E-state index in [1.165, 1.54) is 0 Å². The average molecular weight is 172 g/mol. The lowest BCUT2D eigenvalue weighted by molar-refractivity contribution is -0.198. The van der Waals surface area contributed by atoms with Gasteiger partial charge < -0.3 is 10.00 Å². The van der Waals surface area contributed by atoms with Crippen molar-refractivity contribution in [2.24, 2.45) is 0 Å². The maximum absolute atomic E-state index is 10.4. The number of phosphoric acid groups is 1. The average Bonchev–Trinajstić information content (AvgIpc) is 1.84. The highest BCUT2D eigenvalue weighted by atomic mass is 31.2. The minimum atomic E-state index is -4.09. The number of aliphatic hydroxyl groups excluding tert-OH is 1. The Labute approximate surface area is 57.9 Å². The minimum absolute atomic E-state index is 0.267. The first-order chi connectivity index (χ1) is 4.62. The van der Waals surface area contributed by atoms with E-state index >= 15 is 0 Å². The van der Waals surface area contributed by atoms with Gasteiger partial charge in [-0.1, -0.05) is 0 Å². The summed E-state index contributed by atoms with van der Waals surface area (Å²) >= 11 is 0. The second-order valence-corrected chi connectivity index (χ2v) is 2.61. The van der Waals surface area contributed by atoms with Gasteiger partial charge in [-0.05, 0) is 0 Å². The van der Waals surface area contributed by atoms with Crippen LogP contribution in [-0.2, 0) is 18.7 Å². The fourth-order valence-electron chi connectivity index (χ4n) is 0.272. The van der Waals surface area contributed by atoms with Crippen LogP contribution in [-0.4, -0.2) is 30.3 Å². The van der Waals surface area contributed by atoms with Gasteiger partial charge in [-0.15, -0.1) is 4.67 Å². The van der Waals surface area contributed by atoms with E-state index in [0.717, 1.165) is 7.11 Å². The van der Waals surface area contributed by atoms with Crippen molar-refractivity contribution in [3.8, 4) is 0 Å². The van der Waals surface area contributed by atoms with Crippen molar-refractivity contribution in [2.75, 3.05) is 20.3 Å². The van der Waals surface area contributed by atoms with Gasteiger partial charge in [0.15, 0.2) is 0 Å². The molecule has 0 aromatic rings. The second-order valence-electron chi connectivity index (χ2n) is 1.27. The molecule has 0 amide bonds. The molecule has 2 N–H and O–H groups in total. The van der Waals surface area contributed by atoms with Crippen molar-refractivity contribution < 1.29 is 28.7 Å². The molecule has 0 aliphatic rings. The molecule has 1 atom stereocenters. The van der Waals surface area contributed by atoms with E-state index in [0.29, 0.717) is 0 Å². The minimum Gasteiger partial charge on any atom is -0.394 e. The third-order valence-corrected chi connectivity index (χ3v) is 1.36. The van der Waals surface area contributed by atoms with Crippen LogP contribution in [0.2, 0.25) is 0 Å². The smallest absolute Gasteiger partial charge is 0.394 e. The van der Waals surface area contributed by atoms with E-state index in [1.807, 2.05) is 0 Å². The largest absolute Gasteiger partial charge is 0.499 e. The van der Waals surface area contributed by atoms with Crippen molar-refractivity contribution in [3.63, 3.8) is 0 Å². The van der Waals surface area contributed by atoms with E-state index in [-0.39, 0.29) is 13.2 Å². The lowest BCUT2D eigenvalue weighted by Gasteiger charge is -2.06. The Hall–Kier alpha value is 0.0300. The van der Waals surface area contributed by atoms with Crippen LogP contribution >= 0.6 is 7.82 Å². The summed E-state index contributed by atoms with van der Waals surface area (Å²) in [6.07, 6.45) is 0. The molecule has 6 nitrogen and oxygen atoms in total. The van der Waals surface area contributed by atoms with Gasteiger partial charge >= 0.3 is 7.82 Å². The summed E-state index contributed by atoms with van der Waals surface area (Å²) < 4.78 is 18.4. The molecule has 10 heavy (non-hydrogen) atoms. The summed E-state index contributed by atoms with van der Waals surface area (Å²) in [5, 5.41) is 8.14. The van der Waals surface area contributed by atoms with Crippen molar-refractivity contribution in [1.29, 1.82) is 0 Å². The number of phosphoric ester groups is 1. The number of hydrogen-bond acceptors (Lipinski definition) is 5. The van der Waals surface area contributed by atoms with Gasteiger partial charge in [0.25, 0.3) is 0 Å². The van der Waals surface area contributed by atoms with Gasteiger partial charge in [0, 0.05) is 0 Å². The lowest BCUT2D eigenvalue weighted by Crippen LogP contribution is -1.99.